The van der Waals surface area contributed by atoms with Gasteiger partial charge in [-0.2, -0.15) is 0 Å². The number of amides is 1. The molecule has 3 aromatic carbocycles. The van der Waals surface area contributed by atoms with Crippen LogP contribution >= 0.6 is 0 Å². The number of H-pyrrole nitrogens is 2. The highest BCUT2D eigenvalue weighted by Crippen LogP contribution is 2.32. The summed E-state index contributed by atoms with van der Waals surface area (Å²) < 4.78 is 13.3. The number of halogens is 1. The minimum atomic E-state index is -0.375. The maximum Gasteiger partial charge on any atom is 0.276 e. The molecule has 1 fully saturated rings. The van der Waals surface area contributed by atoms with Crippen molar-refractivity contribution >= 4 is 33.5 Å². The third-order valence-electron chi connectivity index (χ3n) is 6.84. The van der Waals surface area contributed by atoms with Gasteiger partial charge in [-0.15, -0.1) is 0 Å². The molecule has 0 saturated carbocycles. The lowest BCUT2D eigenvalue weighted by atomic mass is 10.0. The Morgan fingerprint density at radius 2 is 1.61 bits per heavy atom. The first kappa shape index (κ1) is 22.0. The fraction of sp³-hybridized carbons (Fsp3) is 0.179. The standard InChI is InChI=1S/C28H24FN5O2/c29-19-8-4-16(5-9-19)17-6-11-22-23(15-17)32-26(27(35)33-22)25-24(30)20-14-18(7-10-21(20)31-25)28(36)34-12-2-1-3-13-34/h4-11,14-15,31H,1-3,12-13,30H2,(H,33,35). The van der Waals surface area contributed by atoms with Crippen molar-refractivity contribution in [3.63, 3.8) is 0 Å². The van der Waals surface area contributed by atoms with E-state index in [4.69, 9.17) is 5.73 Å². The lowest BCUT2D eigenvalue weighted by molar-refractivity contribution is 0.0724. The molecule has 3 heterocycles. The number of fused-ring (bicyclic) bond motifs is 2. The van der Waals surface area contributed by atoms with Gasteiger partial charge >= 0.3 is 0 Å². The van der Waals surface area contributed by atoms with Crippen molar-refractivity contribution in [2.24, 2.45) is 0 Å². The molecule has 7 nitrogen and oxygen atoms in total. The molecule has 0 bridgehead atoms. The number of nitrogens with two attached hydrogens (primary N) is 1. The first-order valence-electron chi connectivity index (χ1n) is 12.0. The van der Waals surface area contributed by atoms with Crippen LogP contribution in [0.1, 0.15) is 29.6 Å². The molecular formula is C28H24FN5O2. The number of hydrogen-bond donors (Lipinski definition) is 3. The summed E-state index contributed by atoms with van der Waals surface area (Å²) in [6, 6.07) is 17.1. The Morgan fingerprint density at radius 3 is 2.39 bits per heavy atom. The molecule has 1 saturated heterocycles. The van der Waals surface area contributed by atoms with Crippen molar-refractivity contribution in [1.82, 2.24) is 19.9 Å². The summed E-state index contributed by atoms with van der Waals surface area (Å²) in [6.07, 6.45) is 3.18. The number of nitrogen functional groups attached to an aromatic ring is 1. The van der Waals surface area contributed by atoms with Crippen LogP contribution in [0.25, 0.3) is 44.5 Å². The van der Waals surface area contributed by atoms with Gasteiger partial charge in [-0.3, -0.25) is 9.59 Å². The molecule has 0 aliphatic carbocycles. The quantitative estimate of drug-likeness (QED) is 0.334. The average molecular weight is 482 g/mol. The number of benzene rings is 3. The van der Waals surface area contributed by atoms with Gasteiger partial charge in [0.15, 0.2) is 5.69 Å². The fourth-order valence-electron chi connectivity index (χ4n) is 4.89. The molecule has 0 atom stereocenters. The second-order valence-electron chi connectivity index (χ2n) is 9.18. The highest BCUT2D eigenvalue weighted by molar-refractivity contribution is 6.04. The van der Waals surface area contributed by atoms with Gasteiger partial charge in [-0.25, -0.2) is 9.37 Å². The number of nitrogens with one attached hydrogen (secondary N) is 2. The number of hydrogen-bond acceptors (Lipinski definition) is 4. The van der Waals surface area contributed by atoms with E-state index in [1.54, 1.807) is 30.3 Å². The molecule has 1 amide bonds. The normalized spacial score (nSPS) is 14.0. The summed E-state index contributed by atoms with van der Waals surface area (Å²) in [6.45, 7) is 1.53. The monoisotopic (exact) mass is 481 g/mol. The summed E-state index contributed by atoms with van der Waals surface area (Å²) in [5, 5.41) is 0.675. The molecule has 180 valence electrons. The largest absolute Gasteiger partial charge is 0.396 e. The number of carbonyl (C=O) groups excluding carboxylic acids is 1. The van der Waals surface area contributed by atoms with Gasteiger partial charge in [-0.05, 0) is 72.9 Å². The third-order valence-corrected chi connectivity index (χ3v) is 6.84. The minimum Gasteiger partial charge on any atom is -0.396 e. The summed E-state index contributed by atoms with van der Waals surface area (Å²) in [4.78, 5) is 38.5. The Labute approximate surface area is 205 Å². The van der Waals surface area contributed by atoms with Gasteiger partial charge < -0.3 is 20.6 Å². The molecule has 1 aliphatic heterocycles. The van der Waals surface area contributed by atoms with Crippen LogP contribution in [0.15, 0.2) is 65.5 Å². The molecule has 4 N–H and O–H groups in total. The molecule has 5 aromatic rings. The van der Waals surface area contributed by atoms with Crippen LogP contribution in [0.2, 0.25) is 0 Å². The second-order valence-corrected chi connectivity index (χ2v) is 9.18. The van der Waals surface area contributed by atoms with Gasteiger partial charge in [0.2, 0.25) is 0 Å². The Morgan fingerprint density at radius 1 is 0.889 bits per heavy atom. The molecule has 36 heavy (non-hydrogen) atoms. The number of nitrogens with zero attached hydrogens (tertiary/aromatic N) is 2. The average Bonchev–Trinajstić information content (AvgIpc) is 3.24. The molecule has 2 aromatic heterocycles. The fourth-order valence-corrected chi connectivity index (χ4v) is 4.89. The number of aromatic nitrogens is 3. The first-order valence-corrected chi connectivity index (χ1v) is 12.0. The SMILES string of the molecule is Nc1c(-c2nc3cc(-c4ccc(F)cc4)ccc3[nH]c2=O)[nH]c2ccc(C(=O)N3CCCCC3)cc12. The van der Waals surface area contributed by atoms with Crippen LogP contribution in [0.4, 0.5) is 10.1 Å². The van der Waals surface area contributed by atoms with E-state index in [0.29, 0.717) is 33.4 Å². The van der Waals surface area contributed by atoms with Crippen LogP contribution < -0.4 is 11.3 Å². The Hall–Kier alpha value is -4.46. The number of aromatic amines is 2. The molecule has 0 radical (unpaired) electrons. The maximum absolute atomic E-state index is 13.3. The number of piperidine rings is 1. The van der Waals surface area contributed by atoms with E-state index in [1.807, 2.05) is 23.1 Å². The lowest BCUT2D eigenvalue weighted by Crippen LogP contribution is -2.35. The Kier molecular flexibility index (Phi) is 5.29. The molecule has 6 rings (SSSR count). The van der Waals surface area contributed by atoms with Gasteiger partial charge in [0.25, 0.3) is 11.5 Å². The molecule has 8 heteroatoms. The predicted molar refractivity (Wildman–Crippen MR) is 139 cm³/mol. The predicted octanol–water partition coefficient (Wildman–Crippen LogP) is 5.09. The zero-order chi connectivity index (χ0) is 24.8. The lowest BCUT2D eigenvalue weighted by Gasteiger charge is -2.26. The Balaban J connectivity index is 1.42. The zero-order valence-electron chi connectivity index (χ0n) is 19.5. The van der Waals surface area contributed by atoms with Gasteiger partial charge in [0.05, 0.1) is 22.4 Å². The number of anilines is 1. The topological polar surface area (TPSA) is 108 Å². The van der Waals surface area contributed by atoms with E-state index in [2.05, 4.69) is 15.0 Å². The molecule has 1 aliphatic rings. The van der Waals surface area contributed by atoms with E-state index in [-0.39, 0.29) is 23.0 Å². The Bertz CT molecular complexity index is 1680. The van der Waals surface area contributed by atoms with E-state index in [1.165, 1.54) is 12.1 Å². The van der Waals surface area contributed by atoms with E-state index in [9.17, 15) is 14.0 Å². The van der Waals surface area contributed by atoms with E-state index >= 15 is 0 Å². The van der Waals surface area contributed by atoms with Crippen molar-refractivity contribution in [2.45, 2.75) is 19.3 Å². The van der Waals surface area contributed by atoms with Crippen LogP contribution in [0.5, 0.6) is 0 Å². The summed E-state index contributed by atoms with van der Waals surface area (Å²) in [5.41, 5.74) is 11.2. The third kappa shape index (κ3) is 3.80. The molecular weight excluding hydrogens is 457 g/mol. The van der Waals surface area contributed by atoms with Crippen molar-refractivity contribution in [2.75, 3.05) is 18.8 Å². The second kappa shape index (κ2) is 8.64. The van der Waals surface area contributed by atoms with Crippen LogP contribution in [-0.2, 0) is 0 Å². The van der Waals surface area contributed by atoms with Gasteiger partial charge in [0.1, 0.15) is 5.82 Å². The minimum absolute atomic E-state index is 0.00579. The molecule has 0 spiro atoms. The number of rotatable bonds is 3. The smallest absolute Gasteiger partial charge is 0.276 e. The van der Waals surface area contributed by atoms with E-state index < -0.39 is 0 Å². The summed E-state index contributed by atoms with van der Waals surface area (Å²) in [5.74, 6) is -0.312. The van der Waals surface area contributed by atoms with Crippen molar-refractivity contribution in [3.8, 4) is 22.5 Å². The highest BCUT2D eigenvalue weighted by atomic mass is 19.1. The number of likely N-dealkylation sites (tertiary alicyclic amines) is 1. The van der Waals surface area contributed by atoms with Crippen LogP contribution in [0, 0.1) is 5.82 Å². The van der Waals surface area contributed by atoms with E-state index in [0.717, 1.165) is 49.0 Å². The van der Waals surface area contributed by atoms with Gasteiger partial charge in [0, 0.05) is 29.6 Å². The van der Waals surface area contributed by atoms with Crippen molar-refractivity contribution < 1.29 is 9.18 Å². The summed E-state index contributed by atoms with van der Waals surface area (Å²) in [7, 11) is 0. The zero-order valence-corrected chi connectivity index (χ0v) is 19.5. The molecule has 0 unspecified atom stereocenters. The van der Waals surface area contributed by atoms with Crippen LogP contribution in [-0.4, -0.2) is 38.8 Å². The maximum atomic E-state index is 13.3. The first-order chi connectivity index (χ1) is 17.5. The highest BCUT2D eigenvalue weighted by Gasteiger charge is 2.21. The number of carbonyl (C=O) groups is 1. The van der Waals surface area contributed by atoms with Gasteiger partial charge in [-0.1, -0.05) is 18.2 Å². The van der Waals surface area contributed by atoms with Crippen molar-refractivity contribution in [3.05, 3.63) is 82.4 Å². The van der Waals surface area contributed by atoms with Crippen LogP contribution in [0.3, 0.4) is 0 Å². The van der Waals surface area contributed by atoms with Crippen molar-refractivity contribution in [1.29, 1.82) is 0 Å². The summed E-state index contributed by atoms with van der Waals surface area (Å²) >= 11 is 0.